The van der Waals surface area contributed by atoms with E-state index in [1.807, 2.05) is 4.90 Å². The van der Waals surface area contributed by atoms with Gasteiger partial charge in [-0.1, -0.05) is 26.0 Å². The van der Waals surface area contributed by atoms with Gasteiger partial charge in [-0.15, -0.1) is 0 Å². The first-order chi connectivity index (χ1) is 7.98. The second-order valence-electron chi connectivity index (χ2n) is 5.12. The van der Waals surface area contributed by atoms with Gasteiger partial charge in [-0.25, -0.2) is 4.39 Å². The molecule has 0 aromatic heterocycles. The summed E-state index contributed by atoms with van der Waals surface area (Å²) in [5.41, 5.74) is 2.38. The predicted octanol–water partition coefficient (Wildman–Crippen LogP) is 3.33. The highest BCUT2D eigenvalue weighted by Crippen LogP contribution is 2.25. The molecule has 1 heterocycles. The summed E-state index contributed by atoms with van der Waals surface area (Å²) in [7, 11) is 0. The maximum atomic E-state index is 13.8. The molecule has 1 saturated heterocycles. The summed E-state index contributed by atoms with van der Waals surface area (Å²) in [6.45, 7) is 7.32. The zero-order valence-electron chi connectivity index (χ0n) is 10.7. The second-order valence-corrected chi connectivity index (χ2v) is 5.12. The largest absolute Gasteiger partial charge is 0.364 e. The molecule has 1 aromatic carbocycles. The molecule has 94 valence electrons. The van der Waals surface area contributed by atoms with Crippen molar-refractivity contribution in [3.8, 4) is 0 Å². The quantitative estimate of drug-likeness (QED) is 0.782. The van der Waals surface area contributed by atoms with Crippen LogP contribution in [0.4, 0.5) is 10.1 Å². The standard InChI is InChI=1S/C14H20FNO/c1-11(2)12-4-6-13(7-5-12)16-8-9-17-14(3,15)10-16/h4-7,11H,8-10H2,1-3H3. The fraction of sp³-hybridized carbons (Fsp3) is 0.571. The highest BCUT2D eigenvalue weighted by Gasteiger charge is 2.31. The van der Waals surface area contributed by atoms with E-state index in [4.69, 9.17) is 4.74 Å². The van der Waals surface area contributed by atoms with Gasteiger partial charge in [0.2, 0.25) is 5.85 Å². The van der Waals surface area contributed by atoms with E-state index in [0.29, 0.717) is 19.1 Å². The summed E-state index contributed by atoms with van der Waals surface area (Å²) in [6, 6.07) is 8.36. The Balaban J connectivity index is 2.12. The second kappa shape index (κ2) is 4.65. The fourth-order valence-electron chi connectivity index (χ4n) is 2.12. The van der Waals surface area contributed by atoms with Gasteiger partial charge in [0.1, 0.15) is 0 Å². The third kappa shape index (κ3) is 2.97. The van der Waals surface area contributed by atoms with E-state index in [1.165, 1.54) is 12.5 Å². The molecule has 1 atom stereocenters. The van der Waals surface area contributed by atoms with Crippen LogP contribution in [0.15, 0.2) is 24.3 Å². The first-order valence-electron chi connectivity index (χ1n) is 6.16. The summed E-state index contributed by atoms with van der Waals surface area (Å²) in [6.07, 6.45) is 0. The van der Waals surface area contributed by atoms with E-state index in [9.17, 15) is 4.39 Å². The van der Waals surface area contributed by atoms with E-state index in [2.05, 4.69) is 38.1 Å². The van der Waals surface area contributed by atoms with Crippen LogP contribution in [0.25, 0.3) is 0 Å². The predicted molar refractivity (Wildman–Crippen MR) is 68.2 cm³/mol. The molecule has 1 aromatic rings. The lowest BCUT2D eigenvalue weighted by Crippen LogP contribution is -2.47. The summed E-state index contributed by atoms with van der Waals surface area (Å²) in [5.74, 6) is -1.00. The van der Waals surface area contributed by atoms with Crippen molar-refractivity contribution >= 4 is 5.69 Å². The van der Waals surface area contributed by atoms with Crippen LogP contribution in [0.3, 0.4) is 0 Å². The van der Waals surface area contributed by atoms with Crippen LogP contribution < -0.4 is 4.90 Å². The maximum Gasteiger partial charge on any atom is 0.224 e. The smallest absolute Gasteiger partial charge is 0.224 e. The third-order valence-corrected chi connectivity index (χ3v) is 3.16. The first-order valence-corrected chi connectivity index (χ1v) is 6.16. The molecule has 2 nitrogen and oxygen atoms in total. The average molecular weight is 237 g/mol. The van der Waals surface area contributed by atoms with Gasteiger partial charge in [-0.3, -0.25) is 0 Å². The number of hydrogen-bond acceptors (Lipinski definition) is 2. The Morgan fingerprint density at radius 2 is 1.94 bits per heavy atom. The van der Waals surface area contributed by atoms with Gasteiger partial charge >= 0.3 is 0 Å². The Labute approximate surface area is 102 Å². The van der Waals surface area contributed by atoms with E-state index >= 15 is 0 Å². The van der Waals surface area contributed by atoms with E-state index in [0.717, 1.165) is 12.2 Å². The number of alkyl halides is 1. The molecule has 0 radical (unpaired) electrons. The van der Waals surface area contributed by atoms with Crippen molar-refractivity contribution in [3.63, 3.8) is 0 Å². The molecule has 2 rings (SSSR count). The number of rotatable bonds is 2. The number of nitrogens with zero attached hydrogens (tertiary/aromatic N) is 1. The normalized spacial score (nSPS) is 25.4. The molecule has 0 N–H and O–H groups in total. The molecule has 0 spiro atoms. The van der Waals surface area contributed by atoms with Crippen LogP contribution in [-0.4, -0.2) is 25.6 Å². The van der Waals surface area contributed by atoms with Crippen molar-refractivity contribution in [1.82, 2.24) is 0 Å². The Morgan fingerprint density at radius 3 is 2.47 bits per heavy atom. The van der Waals surface area contributed by atoms with E-state index < -0.39 is 5.85 Å². The third-order valence-electron chi connectivity index (χ3n) is 3.16. The fourth-order valence-corrected chi connectivity index (χ4v) is 2.12. The molecule has 17 heavy (non-hydrogen) atoms. The van der Waals surface area contributed by atoms with Crippen molar-refractivity contribution in [1.29, 1.82) is 0 Å². The number of ether oxygens (including phenoxy) is 1. The number of morpholine rings is 1. The lowest BCUT2D eigenvalue weighted by Gasteiger charge is -2.36. The van der Waals surface area contributed by atoms with Gasteiger partial charge in [0, 0.05) is 12.2 Å². The minimum Gasteiger partial charge on any atom is -0.364 e. The lowest BCUT2D eigenvalue weighted by molar-refractivity contribution is -0.136. The van der Waals surface area contributed by atoms with Gasteiger partial charge in [-0.2, -0.15) is 0 Å². The SMILES string of the molecule is CC(C)c1ccc(N2CCOC(C)(F)C2)cc1. The minimum absolute atomic E-state index is 0.300. The molecule has 0 saturated carbocycles. The van der Waals surface area contributed by atoms with Crippen LogP contribution in [-0.2, 0) is 4.74 Å². The molecule has 1 aliphatic heterocycles. The van der Waals surface area contributed by atoms with Gasteiger partial charge < -0.3 is 9.64 Å². The summed E-state index contributed by atoms with van der Waals surface area (Å²) in [4.78, 5) is 2.04. The molecule has 1 aliphatic rings. The van der Waals surface area contributed by atoms with Crippen LogP contribution in [0.2, 0.25) is 0 Å². The summed E-state index contributed by atoms with van der Waals surface area (Å²) in [5, 5.41) is 0. The Morgan fingerprint density at radius 1 is 1.29 bits per heavy atom. The van der Waals surface area contributed by atoms with Gasteiger partial charge in [0.25, 0.3) is 0 Å². The van der Waals surface area contributed by atoms with Crippen LogP contribution in [0.5, 0.6) is 0 Å². The summed E-state index contributed by atoms with van der Waals surface area (Å²) >= 11 is 0. The zero-order chi connectivity index (χ0) is 12.5. The van der Waals surface area contributed by atoms with Crippen LogP contribution >= 0.6 is 0 Å². The monoisotopic (exact) mass is 237 g/mol. The zero-order valence-corrected chi connectivity index (χ0v) is 10.7. The van der Waals surface area contributed by atoms with Crippen molar-refractivity contribution in [2.75, 3.05) is 24.6 Å². The maximum absolute atomic E-state index is 13.8. The van der Waals surface area contributed by atoms with E-state index in [1.54, 1.807) is 0 Å². The average Bonchev–Trinajstić information content (AvgIpc) is 2.28. The first kappa shape index (κ1) is 12.4. The molecular formula is C14H20FNO. The van der Waals surface area contributed by atoms with Crippen LogP contribution in [0.1, 0.15) is 32.3 Å². The van der Waals surface area contributed by atoms with Crippen LogP contribution in [0, 0.1) is 0 Å². The number of benzene rings is 1. The van der Waals surface area contributed by atoms with Gasteiger partial charge in [-0.05, 0) is 30.5 Å². The highest BCUT2D eigenvalue weighted by molar-refractivity contribution is 5.48. The Bertz CT molecular complexity index is 372. The number of halogens is 1. The van der Waals surface area contributed by atoms with Gasteiger partial charge in [0.05, 0.1) is 13.2 Å². The lowest BCUT2D eigenvalue weighted by atomic mass is 10.0. The summed E-state index contributed by atoms with van der Waals surface area (Å²) < 4.78 is 18.8. The van der Waals surface area contributed by atoms with Crippen molar-refractivity contribution < 1.29 is 9.13 Å². The molecule has 3 heteroatoms. The Kier molecular flexibility index (Phi) is 3.38. The molecular weight excluding hydrogens is 217 g/mol. The molecule has 0 bridgehead atoms. The number of anilines is 1. The van der Waals surface area contributed by atoms with Crippen molar-refractivity contribution in [2.45, 2.75) is 32.5 Å². The minimum atomic E-state index is -1.53. The van der Waals surface area contributed by atoms with Crippen molar-refractivity contribution in [3.05, 3.63) is 29.8 Å². The molecule has 0 aliphatic carbocycles. The topological polar surface area (TPSA) is 12.5 Å². The van der Waals surface area contributed by atoms with Gasteiger partial charge in [0.15, 0.2) is 0 Å². The molecule has 0 amide bonds. The number of hydrogen-bond donors (Lipinski definition) is 0. The highest BCUT2D eigenvalue weighted by atomic mass is 19.2. The van der Waals surface area contributed by atoms with E-state index in [-0.39, 0.29) is 0 Å². The molecule has 1 fully saturated rings. The molecule has 1 unspecified atom stereocenters. The van der Waals surface area contributed by atoms with Crippen molar-refractivity contribution in [2.24, 2.45) is 0 Å². The Hall–Kier alpha value is -1.09.